The Labute approximate surface area is 140 Å². The van der Waals surface area contributed by atoms with Crippen molar-refractivity contribution in [1.29, 1.82) is 5.26 Å². The smallest absolute Gasteiger partial charge is 0.270 e. The van der Waals surface area contributed by atoms with Gasteiger partial charge in [-0.2, -0.15) is 5.26 Å². The molecule has 2 heterocycles. The van der Waals surface area contributed by atoms with Crippen LogP contribution in [0.2, 0.25) is 0 Å². The van der Waals surface area contributed by atoms with Gasteiger partial charge in [-0.1, -0.05) is 0 Å². The van der Waals surface area contributed by atoms with Crippen molar-refractivity contribution < 1.29 is 9.64 Å². The van der Waals surface area contributed by atoms with Gasteiger partial charge in [0.25, 0.3) is 5.56 Å². The Morgan fingerprint density at radius 2 is 1.96 bits per heavy atom. The van der Waals surface area contributed by atoms with Crippen LogP contribution in [0.5, 0.6) is 5.75 Å². The zero-order valence-electron chi connectivity index (χ0n) is 13.8. The lowest BCUT2D eigenvalue weighted by Gasteiger charge is -2.30. The van der Waals surface area contributed by atoms with Crippen LogP contribution in [0.1, 0.15) is 5.56 Å². The number of nitrogens with zero attached hydrogens (tertiary/aromatic N) is 3. The molecule has 0 aliphatic carbocycles. The maximum absolute atomic E-state index is 12.3. The van der Waals surface area contributed by atoms with Crippen molar-refractivity contribution in [2.45, 2.75) is 0 Å². The van der Waals surface area contributed by atoms with E-state index in [0.29, 0.717) is 17.4 Å². The minimum absolute atomic E-state index is 0.0312. The first-order valence-electron chi connectivity index (χ1n) is 7.87. The molecule has 0 radical (unpaired) electrons. The summed E-state index contributed by atoms with van der Waals surface area (Å²) < 4.78 is 5.15. The first kappa shape index (κ1) is 16.0. The Morgan fingerprint density at radius 3 is 2.54 bits per heavy atom. The van der Waals surface area contributed by atoms with Gasteiger partial charge in [-0.05, 0) is 24.3 Å². The molecule has 0 saturated carbocycles. The summed E-state index contributed by atoms with van der Waals surface area (Å²) in [6, 6.07) is 9.16. The average molecular weight is 326 g/mol. The van der Waals surface area contributed by atoms with Crippen molar-refractivity contribution >= 4 is 5.95 Å². The molecule has 7 heteroatoms. The van der Waals surface area contributed by atoms with E-state index in [1.807, 2.05) is 6.07 Å². The highest BCUT2D eigenvalue weighted by atomic mass is 16.5. The molecule has 1 aliphatic heterocycles. The van der Waals surface area contributed by atoms with Crippen LogP contribution >= 0.6 is 0 Å². The number of H-pyrrole nitrogens is 1. The van der Waals surface area contributed by atoms with Crippen molar-refractivity contribution in [1.82, 2.24) is 9.97 Å². The first-order valence-corrected chi connectivity index (χ1v) is 7.87. The van der Waals surface area contributed by atoms with Gasteiger partial charge in [0.2, 0.25) is 5.95 Å². The van der Waals surface area contributed by atoms with E-state index in [9.17, 15) is 10.1 Å². The van der Waals surface area contributed by atoms with E-state index in [2.05, 4.69) is 21.9 Å². The normalized spacial score (nSPS) is 15.1. The second-order valence-electron chi connectivity index (χ2n) is 5.90. The molecule has 3 rings (SSSR count). The molecule has 1 aliphatic rings. The van der Waals surface area contributed by atoms with E-state index in [1.54, 1.807) is 31.4 Å². The topological polar surface area (TPSA) is 86.5 Å². The highest BCUT2D eigenvalue weighted by Crippen LogP contribution is 2.23. The highest BCUT2D eigenvalue weighted by molar-refractivity contribution is 5.67. The van der Waals surface area contributed by atoms with Gasteiger partial charge in [-0.15, -0.1) is 0 Å². The van der Waals surface area contributed by atoms with Crippen LogP contribution in [-0.2, 0) is 0 Å². The third-order valence-corrected chi connectivity index (χ3v) is 4.30. The van der Waals surface area contributed by atoms with Crippen molar-refractivity contribution in [3.8, 4) is 23.1 Å². The molecule has 2 aromatic rings. The van der Waals surface area contributed by atoms with E-state index in [1.165, 1.54) is 4.90 Å². The maximum Gasteiger partial charge on any atom is 0.270 e. The predicted molar refractivity (Wildman–Crippen MR) is 90.4 cm³/mol. The molecule has 0 unspecified atom stereocenters. The lowest BCUT2D eigenvalue weighted by molar-refractivity contribution is -0.880. The van der Waals surface area contributed by atoms with E-state index in [0.717, 1.165) is 31.7 Å². The molecule has 0 bridgehead atoms. The quantitative estimate of drug-likeness (QED) is 0.805. The number of piperazine rings is 1. The highest BCUT2D eigenvalue weighted by Gasteiger charge is 2.21. The fourth-order valence-corrected chi connectivity index (χ4v) is 2.77. The van der Waals surface area contributed by atoms with E-state index >= 15 is 0 Å². The molecular weight excluding hydrogens is 306 g/mol. The molecule has 0 spiro atoms. The van der Waals surface area contributed by atoms with Crippen LogP contribution in [0, 0.1) is 11.3 Å². The van der Waals surface area contributed by atoms with Crippen LogP contribution in [-0.4, -0.2) is 50.3 Å². The molecule has 1 saturated heterocycles. The summed E-state index contributed by atoms with van der Waals surface area (Å²) in [6.45, 7) is 3.62. The Hall–Kier alpha value is -2.85. The number of likely N-dealkylation sites (N-methyl/N-ethyl adjacent to an activating group) is 1. The number of ether oxygens (including phenoxy) is 1. The molecule has 0 atom stereocenters. The van der Waals surface area contributed by atoms with Gasteiger partial charge in [0.05, 0.1) is 46.0 Å². The third-order valence-electron chi connectivity index (χ3n) is 4.30. The molecule has 2 N–H and O–H groups in total. The number of benzene rings is 1. The number of hydrogen-bond donors (Lipinski definition) is 2. The number of hydrogen-bond acceptors (Lipinski definition) is 5. The summed E-state index contributed by atoms with van der Waals surface area (Å²) in [6.07, 6.45) is 0. The number of nitrogens with one attached hydrogen (secondary N) is 2. The van der Waals surface area contributed by atoms with E-state index in [-0.39, 0.29) is 5.56 Å². The Balaban J connectivity index is 2.03. The summed E-state index contributed by atoms with van der Waals surface area (Å²) in [7, 11) is 3.74. The van der Waals surface area contributed by atoms with Gasteiger partial charge >= 0.3 is 0 Å². The zero-order valence-corrected chi connectivity index (χ0v) is 13.8. The van der Waals surface area contributed by atoms with Crippen LogP contribution in [0.25, 0.3) is 11.3 Å². The van der Waals surface area contributed by atoms with Crippen molar-refractivity contribution in [2.75, 3.05) is 45.2 Å². The zero-order chi connectivity index (χ0) is 17.1. The third kappa shape index (κ3) is 3.09. The SMILES string of the molecule is COc1ccc(-c2nc(N3CC[NH+](C)CC3)[nH]c(=O)c2C#N)cc1. The molecule has 0 amide bonds. The molecule has 1 aromatic heterocycles. The van der Waals surface area contributed by atoms with Crippen molar-refractivity contribution in [3.63, 3.8) is 0 Å². The Morgan fingerprint density at radius 1 is 1.29 bits per heavy atom. The lowest BCUT2D eigenvalue weighted by atomic mass is 10.1. The summed E-state index contributed by atoms with van der Waals surface area (Å²) in [4.78, 5) is 23.2. The number of aromatic nitrogens is 2. The van der Waals surface area contributed by atoms with Gasteiger partial charge in [0, 0.05) is 5.56 Å². The van der Waals surface area contributed by atoms with E-state index in [4.69, 9.17) is 4.74 Å². The van der Waals surface area contributed by atoms with Crippen LogP contribution in [0.3, 0.4) is 0 Å². The van der Waals surface area contributed by atoms with Gasteiger partial charge in [0.1, 0.15) is 17.4 Å². The maximum atomic E-state index is 12.3. The number of aromatic amines is 1. The predicted octanol–water partition coefficient (Wildman–Crippen LogP) is -0.348. The van der Waals surface area contributed by atoms with Crippen LogP contribution < -0.4 is 20.1 Å². The molecule has 1 aromatic carbocycles. The van der Waals surface area contributed by atoms with Crippen LogP contribution in [0.15, 0.2) is 29.1 Å². The number of quaternary nitrogens is 1. The van der Waals surface area contributed by atoms with Gasteiger partial charge in [0.15, 0.2) is 0 Å². The Kier molecular flexibility index (Phi) is 4.49. The lowest BCUT2D eigenvalue weighted by Crippen LogP contribution is -3.12. The van der Waals surface area contributed by atoms with Crippen molar-refractivity contribution in [2.24, 2.45) is 0 Å². The second-order valence-corrected chi connectivity index (χ2v) is 5.90. The fourth-order valence-electron chi connectivity index (χ4n) is 2.77. The van der Waals surface area contributed by atoms with Crippen molar-refractivity contribution in [3.05, 3.63) is 40.2 Å². The largest absolute Gasteiger partial charge is 0.497 e. The minimum atomic E-state index is -0.403. The summed E-state index contributed by atoms with van der Waals surface area (Å²) in [5.74, 6) is 1.24. The van der Waals surface area contributed by atoms with Crippen LogP contribution in [0.4, 0.5) is 5.95 Å². The van der Waals surface area contributed by atoms with Gasteiger partial charge < -0.3 is 14.5 Å². The summed E-state index contributed by atoms with van der Waals surface area (Å²) >= 11 is 0. The standard InChI is InChI=1S/C17H19N5O2/c1-21-7-9-22(10-8-21)17-19-15(14(11-18)16(23)20-17)12-3-5-13(24-2)6-4-12/h3-6H,7-10H2,1-2H3,(H,19,20,23)/p+1. The van der Waals surface area contributed by atoms with E-state index < -0.39 is 5.56 Å². The second kappa shape index (κ2) is 6.72. The molecule has 1 fully saturated rings. The average Bonchev–Trinajstić information content (AvgIpc) is 2.61. The molecule has 7 nitrogen and oxygen atoms in total. The molecule has 24 heavy (non-hydrogen) atoms. The number of nitriles is 1. The van der Waals surface area contributed by atoms with Gasteiger partial charge in [-0.3, -0.25) is 9.78 Å². The number of anilines is 1. The molecule has 124 valence electrons. The Bertz CT molecular complexity index is 814. The fraction of sp³-hybridized carbons (Fsp3) is 0.353. The minimum Gasteiger partial charge on any atom is -0.497 e. The molecular formula is C17H20N5O2+. The number of rotatable bonds is 3. The monoisotopic (exact) mass is 326 g/mol. The first-order chi connectivity index (χ1) is 11.6. The van der Waals surface area contributed by atoms with Gasteiger partial charge in [-0.25, -0.2) is 4.98 Å². The summed E-state index contributed by atoms with van der Waals surface area (Å²) in [5.41, 5.74) is 0.757. The number of methoxy groups -OCH3 is 1. The summed E-state index contributed by atoms with van der Waals surface area (Å²) in [5, 5.41) is 9.35.